The summed E-state index contributed by atoms with van der Waals surface area (Å²) in [5.41, 5.74) is 13.9. The first-order valence-corrected chi connectivity index (χ1v) is 37.6. The fourth-order valence-electron chi connectivity index (χ4n) is 10.8. The van der Waals surface area contributed by atoms with Crippen LogP contribution < -0.4 is 22.2 Å². The molecular formula is C78H76Br3ClF4N14O7. The van der Waals surface area contributed by atoms with Crippen LogP contribution in [0.3, 0.4) is 0 Å². The van der Waals surface area contributed by atoms with E-state index in [4.69, 9.17) is 22.4 Å². The van der Waals surface area contributed by atoms with Crippen LogP contribution in [0.15, 0.2) is 211 Å². The number of aromatic amines is 5. The number of halogens is 8. The van der Waals surface area contributed by atoms with Crippen LogP contribution in [0.2, 0.25) is 0 Å². The van der Waals surface area contributed by atoms with Crippen LogP contribution in [-0.4, -0.2) is 116 Å². The number of nitrogens with two attached hydrogens (primary N) is 1. The van der Waals surface area contributed by atoms with Crippen LogP contribution in [0.5, 0.6) is 0 Å². The number of pyridine rings is 7. The number of unbranched alkanes of at least 4 members (excludes halogenated alkanes) is 2. The van der Waals surface area contributed by atoms with Gasteiger partial charge in [0.2, 0.25) is 5.24 Å². The Balaban J connectivity index is 0.000000167. The maximum Gasteiger partial charge on any atom is 0.341 e. The van der Waals surface area contributed by atoms with Gasteiger partial charge in [-0.1, -0.05) is 59.9 Å². The number of hydrogen-bond acceptors (Lipinski definition) is 12. The minimum absolute atomic E-state index is 0.0118. The van der Waals surface area contributed by atoms with Crippen LogP contribution in [-0.2, 0) is 37.1 Å². The summed E-state index contributed by atoms with van der Waals surface area (Å²) in [6, 6.07) is 34.1. The van der Waals surface area contributed by atoms with Crippen molar-refractivity contribution in [3.63, 3.8) is 0 Å². The Morgan fingerprint density at radius 2 is 0.925 bits per heavy atom. The lowest BCUT2D eigenvalue weighted by atomic mass is 10.1. The van der Waals surface area contributed by atoms with Crippen molar-refractivity contribution in [1.29, 1.82) is 0 Å². The lowest BCUT2D eigenvalue weighted by Crippen LogP contribution is -2.33. The van der Waals surface area contributed by atoms with E-state index < -0.39 is 46.3 Å². The van der Waals surface area contributed by atoms with E-state index in [2.05, 4.69) is 121 Å². The first-order chi connectivity index (χ1) is 51.9. The Bertz CT molecular complexity index is 5300. The molecule has 14 aromatic rings. The average Bonchev–Trinajstić information content (AvgIpc) is 1.57. The minimum atomic E-state index is -1.33. The molecule has 0 bridgehead atoms. The second-order valence-electron chi connectivity index (χ2n) is 23.6. The highest BCUT2D eigenvalue weighted by Gasteiger charge is 2.16. The standard InChI is InChI=1S/C24H22F2N4O2.C13H9F2NO3.C11H15N3.C10H9BrN2O.C10H11BrN2.C7H6N2.C3H4BrClO/c25-20-9-8-16(13-21(20)26)15-30-12-4-7-19(24(30)32)23(31)28-10-2-1-5-17-14-29-22-18(17)6-3-11-27-22;14-10-4-3-8(6-11(10)15)7-16-5-1-2-9(12(16)17)13(18)19;12-6-2-1-4-9-8-14-11-10(9)5-3-7-13-11;11-4-3-9(14)8-6-13-10-7(8)2-1-5-12-10;11-5-1-3-8-7-13-10-9(8)4-2-6-12-10;1-2-6-3-5-9-7(6)8-4-1;4-2-1-3(5)6/h3-4,6-9,11-14H,1-2,5,10,15H2,(H,27,29)(H,28,31);1-6H,7H2,(H,18,19);3,5,7-8H,1-2,4,6,12H2,(H,13,14);1-2,5-6H,3-4H2,(H,12,13);2,4,6-7H,1,3,5H2,(H,12,13);1-5H,(H,8,9);1-2H2. The van der Waals surface area contributed by atoms with Crippen LogP contribution in [0.1, 0.15) is 104 Å². The van der Waals surface area contributed by atoms with Gasteiger partial charge in [-0.3, -0.25) is 24.0 Å². The summed E-state index contributed by atoms with van der Waals surface area (Å²) in [5.74, 6) is -5.56. The van der Waals surface area contributed by atoms with Crippen molar-refractivity contribution in [3.8, 4) is 0 Å². The number of aromatic nitrogens is 12. The Labute approximate surface area is 641 Å². The molecular weight excluding hydrogens is 1600 g/mol. The molecule has 0 atom stereocenters. The highest BCUT2D eigenvalue weighted by molar-refractivity contribution is 9.09. The number of aryl methyl sites for hydroxylation is 3. The Hall–Kier alpha value is -10.5. The van der Waals surface area contributed by atoms with Gasteiger partial charge in [-0.25, -0.2) is 47.3 Å². The van der Waals surface area contributed by atoms with Gasteiger partial charge >= 0.3 is 5.97 Å². The minimum Gasteiger partial charge on any atom is -0.477 e. The molecule has 21 nitrogen and oxygen atoms in total. The molecule has 12 heterocycles. The van der Waals surface area contributed by atoms with Gasteiger partial charge in [-0.2, -0.15) is 0 Å². The number of hydrogen-bond donors (Lipinski definition) is 8. The molecule has 0 aliphatic carbocycles. The third-order valence-corrected chi connectivity index (χ3v) is 17.7. The Morgan fingerprint density at radius 3 is 1.38 bits per heavy atom. The van der Waals surface area contributed by atoms with Gasteiger partial charge in [0.1, 0.15) is 39.4 Å². The molecule has 0 saturated heterocycles. The number of H-pyrrole nitrogens is 5. The van der Waals surface area contributed by atoms with Gasteiger partial charge in [-0.15, -0.1) is 0 Å². The van der Waals surface area contributed by atoms with Crippen molar-refractivity contribution in [3.05, 3.63) is 290 Å². The predicted molar refractivity (Wildman–Crippen MR) is 421 cm³/mol. The number of nitrogens with zero attached hydrogens (tertiary/aromatic N) is 7. The smallest absolute Gasteiger partial charge is 0.341 e. The van der Waals surface area contributed by atoms with Crippen molar-refractivity contribution in [2.75, 3.05) is 29.1 Å². The van der Waals surface area contributed by atoms with E-state index in [1.807, 2.05) is 85.6 Å². The van der Waals surface area contributed by atoms with Gasteiger partial charge in [0.05, 0.1) is 13.1 Å². The summed E-state index contributed by atoms with van der Waals surface area (Å²) in [4.78, 5) is 106. The molecule has 107 heavy (non-hydrogen) atoms. The molecule has 1 amide bonds. The summed E-state index contributed by atoms with van der Waals surface area (Å²) in [6.07, 6.45) is 30.4. The Morgan fingerprint density at radius 1 is 0.477 bits per heavy atom. The number of alkyl halides is 3. The van der Waals surface area contributed by atoms with E-state index in [-0.39, 0.29) is 35.2 Å². The summed E-state index contributed by atoms with van der Waals surface area (Å²) in [5, 5.41) is 19.4. The highest BCUT2D eigenvalue weighted by atomic mass is 79.9. The van der Waals surface area contributed by atoms with E-state index in [0.29, 0.717) is 41.2 Å². The number of benzene rings is 2. The second kappa shape index (κ2) is 43.2. The molecule has 14 rings (SSSR count). The van der Waals surface area contributed by atoms with Crippen molar-refractivity contribution in [2.45, 2.75) is 77.3 Å². The normalized spacial score (nSPS) is 10.6. The van der Waals surface area contributed by atoms with Gasteiger partial charge in [0, 0.05) is 142 Å². The second-order valence-corrected chi connectivity index (χ2v) is 26.4. The monoisotopic (exact) mass is 1670 g/mol. The number of fused-ring (bicyclic) bond motifs is 5. The largest absolute Gasteiger partial charge is 0.477 e. The SMILES string of the molecule is BrCCCc1c[nH]c2ncccc12.NCCCCc1c[nH]c2ncccc12.O=C(CCBr)c1c[nH]c2ncccc12.O=C(Cl)CCBr.O=C(NCCCCc1c[nH]c2ncccc12)c1cccn(Cc2ccc(F)c(F)c2)c1=O.O=C(O)c1cccn(Cc2ccc(F)c(F)c2)c1=O.c1cnc2[nH]ccc2c1. The highest BCUT2D eigenvalue weighted by Crippen LogP contribution is 2.22. The molecule has 9 N–H and O–H groups in total. The molecule has 2 aromatic carbocycles. The maximum atomic E-state index is 13.4. The van der Waals surface area contributed by atoms with Gasteiger partial charge in [0.15, 0.2) is 29.1 Å². The molecule has 556 valence electrons. The fourth-order valence-corrected chi connectivity index (χ4v) is 12.1. The molecule has 0 spiro atoms. The molecule has 12 aromatic heterocycles. The number of aromatic carboxylic acids is 1. The average molecular weight is 1670 g/mol. The van der Waals surface area contributed by atoms with Crippen LogP contribution in [0.25, 0.3) is 55.2 Å². The number of Topliss-reactive ketones (excluding diaryl/α,β-unsaturated/α-hetero) is 1. The Kier molecular flexibility index (Phi) is 33.2. The summed E-state index contributed by atoms with van der Waals surface area (Å²) in [7, 11) is 0. The molecule has 0 aliphatic heterocycles. The van der Waals surface area contributed by atoms with E-state index >= 15 is 0 Å². The van der Waals surface area contributed by atoms with E-state index in [0.717, 1.165) is 136 Å². The molecule has 0 aliphatic rings. The van der Waals surface area contributed by atoms with Crippen LogP contribution in [0.4, 0.5) is 17.6 Å². The van der Waals surface area contributed by atoms with Crippen molar-refractivity contribution in [2.24, 2.45) is 5.73 Å². The molecule has 0 unspecified atom stereocenters. The van der Waals surface area contributed by atoms with Crippen molar-refractivity contribution in [1.82, 2.24) is 64.3 Å². The van der Waals surface area contributed by atoms with Crippen LogP contribution in [0, 0.1) is 23.3 Å². The third kappa shape index (κ3) is 24.8. The summed E-state index contributed by atoms with van der Waals surface area (Å²) >= 11 is 14.6. The fraction of sp³-hybridized carbons (Fsp3) is 0.218. The quantitative estimate of drug-likeness (QED) is 0.00972. The first kappa shape index (κ1) is 82.1. The zero-order valence-electron chi connectivity index (χ0n) is 57.7. The van der Waals surface area contributed by atoms with Gasteiger partial charge in [0.25, 0.3) is 17.0 Å². The van der Waals surface area contributed by atoms with Crippen molar-refractivity contribution < 1.29 is 41.8 Å². The topological polar surface area (TPSA) is 314 Å². The first-order valence-electron chi connectivity index (χ1n) is 33.8. The lowest BCUT2D eigenvalue weighted by Gasteiger charge is -2.09. The number of rotatable bonds is 23. The van der Waals surface area contributed by atoms with Crippen LogP contribution >= 0.6 is 59.4 Å². The molecule has 29 heteroatoms. The van der Waals surface area contributed by atoms with Gasteiger partial charge < -0.3 is 50.2 Å². The number of carboxylic acids is 1. The number of carboxylic acid groups (broad SMARTS) is 1. The molecule has 0 fully saturated rings. The zero-order chi connectivity index (χ0) is 76.5. The zero-order valence-corrected chi connectivity index (χ0v) is 63.2. The third-order valence-electron chi connectivity index (χ3n) is 16.1. The number of carbonyl (C=O) groups excluding carboxylic acids is 3. The van der Waals surface area contributed by atoms with Crippen molar-refractivity contribution >= 4 is 137 Å². The van der Waals surface area contributed by atoms with E-state index in [1.54, 1.807) is 30.9 Å². The van der Waals surface area contributed by atoms with E-state index in [1.165, 1.54) is 81.2 Å². The number of amides is 1. The number of carbonyl (C=O) groups is 4. The summed E-state index contributed by atoms with van der Waals surface area (Å²) < 4.78 is 54.8. The molecule has 0 radical (unpaired) electrons. The predicted octanol–water partition coefficient (Wildman–Crippen LogP) is 16.0. The lowest BCUT2D eigenvalue weighted by molar-refractivity contribution is -0.111. The molecule has 0 saturated carbocycles. The van der Waals surface area contributed by atoms with Gasteiger partial charge in [-0.05, 0) is 213 Å². The maximum absolute atomic E-state index is 13.4. The number of ketones is 1. The number of nitrogens with one attached hydrogen (secondary N) is 6. The van der Waals surface area contributed by atoms with E-state index in [9.17, 15) is 46.3 Å². The summed E-state index contributed by atoms with van der Waals surface area (Å²) in [6.45, 7) is 1.23.